The lowest BCUT2D eigenvalue weighted by Crippen LogP contribution is -2.03. The number of benzene rings is 3. The van der Waals surface area contributed by atoms with Crippen molar-refractivity contribution >= 4 is 28.9 Å². The maximum atomic E-state index is 12.7. The maximum absolute atomic E-state index is 12.7. The highest BCUT2D eigenvalue weighted by molar-refractivity contribution is 6.32. The Kier molecular flexibility index (Phi) is 6.19. The summed E-state index contributed by atoms with van der Waals surface area (Å²) in [6.07, 6.45) is -2.61. The Labute approximate surface area is 170 Å². The fourth-order valence-corrected chi connectivity index (χ4v) is 2.79. The molecular weight excluding hydrogens is 404 g/mol. The highest BCUT2D eigenvalue weighted by atomic mass is 35.5. The van der Waals surface area contributed by atoms with Crippen LogP contribution in [0.25, 0.3) is 0 Å². The third-order valence-electron chi connectivity index (χ3n) is 4.03. The molecule has 0 aliphatic rings. The molecule has 0 aliphatic heterocycles. The molecule has 5 nitrogen and oxygen atoms in total. The topological polar surface area (TPSA) is 67.8 Å². The van der Waals surface area contributed by atoms with Crippen molar-refractivity contribution in [1.29, 1.82) is 0 Å². The van der Waals surface area contributed by atoms with Crippen molar-refractivity contribution in [3.8, 4) is 17.2 Å². The van der Waals surface area contributed by atoms with Gasteiger partial charge in [-0.1, -0.05) is 11.6 Å². The summed E-state index contributed by atoms with van der Waals surface area (Å²) in [4.78, 5) is 11.5. The summed E-state index contributed by atoms with van der Waals surface area (Å²) in [6.45, 7) is 0. The van der Waals surface area contributed by atoms with Gasteiger partial charge in [0.15, 0.2) is 0 Å². The van der Waals surface area contributed by atoms with Crippen LogP contribution in [0, 0.1) is 0 Å². The predicted molar refractivity (Wildman–Crippen MR) is 106 cm³/mol. The van der Waals surface area contributed by atoms with Crippen LogP contribution in [0.4, 0.5) is 20.2 Å². The number of nitrogens with one attached hydrogen (secondary N) is 1. The molecule has 0 fully saturated rings. The molecule has 0 aromatic heterocycles. The van der Waals surface area contributed by atoms with Crippen molar-refractivity contribution in [3.63, 3.8) is 0 Å². The average Bonchev–Trinajstić information content (AvgIpc) is 2.70. The van der Waals surface area contributed by atoms with Crippen LogP contribution < -0.4 is 14.8 Å². The van der Waals surface area contributed by atoms with Gasteiger partial charge in [-0.05, 0) is 60.7 Å². The number of hydrogen-bond acceptors (Lipinski definition) is 4. The highest BCUT2D eigenvalue weighted by Crippen LogP contribution is 2.33. The quantitative estimate of drug-likeness (QED) is 0.456. The number of alkyl halides is 2. The molecule has 0 aliphatic carbocycles. The number of ether oxygens (including phenoxy) is 2. The Morgan fingerprint density at radius 1 is 1.03 bits per heavy atom. The first-order valence-corrected chi connectivity index (χ1v) is 8.79. The van der Waals surface area contributed by atoms with Gasteiger partial charge in [-0.15, -0.1) is 0 Å². The lowest BCUT2D eigenvalue weighted by atomic mass is 10.1. The number of anilines is 2. The SMILES string of the molecule is COc1ccc(Nc2ccc(Oc3ccc(C(F)F)cc3Cl)cc2)c(C(=O)O)c1. The van der Waals surface area contributed by atoms with Gasteiger partial charge < -0.3 is 19.9 Å². The molecule has 0 heterocycles. The van der Waals surface area contributed by atoms with E-state index in [9.17, 15) is 18.7 Å². The normalized spacial score (nSPS) is 10.7. The minimum atomic E-state index is -2.61. The highest BCUT2D eigenvalue weighted by Gasteiger charge is 2.13. The molecule has 3 aromatic rings. The van der Waals surface area contributed by atoms with Crippen molar-refractivity contribution in [3.05, 3.63) is 76.8 Å². The van der Waals surface area contributed by atoms with Crippen molar-refractivity contribution < 1.29 is 28.2 Å². The molecule has 0 bridgehead atoms. The Hall–Kier alpha value is -3.32. The van der Waals surface area contributed by atoms with Crippen molar-refractivity contribution in [2.75, 3.05) is 12.4 Å². The van der Waals surface area contributed by atoms with Crippen LogP contribution in [0.1, 0.15) is 22.3 Å². The largest absolute Gasteiger partial charge is 0.497 e. The zero-order valence-corrected chi connectivity index (χ0v) is 15.9. The van der Waals surface area contributed by atoms with Crippen LogP contribution >= 0.6 is 11.6 Å². The molecule has 3 rings (SSSR count). The summed E-state index contributed by atoms with van der Waals surface area (Å²) in [5.74, 6) is 0.0372. The van der Waals surface area contributed by atoms with Gasteiger partial charge in [0.25, 0.3) is 6.43 Å². The van der Waals surface area contributed by atoms with Gasteiger partial charge in [0.2, 0.25) is 0 Å². The van der Waals surface area contributed by atoms with Crippen molar-refractivity contribution in [2.45, 2.75) is 6.43 Å². The number of carboxylic acids is 1. The first-order valence-electron chi connectivity index (χ1n) is 8.41. The monoisotopic (exact) mass is 419 g/mol. The molecule has 3 aromatic carbocycles. The standard InChI is InChI=1S/C21H16ClF2NO4/c1-28-15-7-8-18(16(11-15)21(26)27)25-13-3-5-14(6-4-13)29-19-9-2-12(20(23)24)10-17(19)22/h2-11,20,25H,1H3,(H,26,27). The van der Waals surface area contributed by atoms with Gasteiger partial charge in [0, 0.05) is 11.3 Å². The van der Waals surface area contributed by atoms with E-state index in [0.29, 0.717) is 22.9 Å². The summed E-state index contributed by atoms with van der Waals surface area (Å²) >= 11 is 6.00. The van der Waals surface area contributed by atoms with Gasteiger partial charge in [-0.2, -0.15) is 0 Å². The number of methoxy groups -OCH3 is 1. The summed E-state index contributed by atoms with van der Waals surface area (Å²) in [5.41, 5.74) is 0.910. The van der Waals surface area contributed by atoms with Crippen LogP contribution in [0.5, 0.6) is 17.2 Å². The van der Waals surface area contributed by atoms with E-state index in [4.69, 9.17) is 21.1 Å². The van der Waals surface area contributed by atoms with Crippen LogP contribution in [0.15, 0.2) is 60.7 Å². The molecule has 29 heavy (non-hydrogen) atoms. The molecule has 8 heteroatoms. The first kappa shape index (κ1) is 20.4. The summed E-state index contributed by atoms with van der Waals surface area (Å²) < 4.78 is 36.1. The molecule has 0 radical (unpaired) electrons. The fourth-order valence-electron chi connectivity index (χ4n) is 2.56. The third kappa shape index (κ3) is 4.94. The zero-order chi connectivity index (χ0) is 21.0. The second kappa shape index (κ2) is 8.79. The van der Waals surface area contributed by atoms with Crippen LogP contribution in [0.2, 0.25) is 5.02 Å². The van der Waals surface area contributed by atoms with Gasteiger partial charge in [-0.3, -0.25) is 0 Å². The van der Waals surface area contributed by atoms with Gasteiger partial charge in [0.05, 0.1) is 23.4 Å². The second-order valence-corrected chi connectivity index (χ2v) is 6.37. The lowest BCUT2D eigenvalue weighted by Gasteiger charge is -2.12. The van der Waals surface area contributed by atoms with Gasteiger partial charge in [-0.25, -0.2) is 13.6 Å². The van der Waals surface area contributed by atoms with E-state index in [-0.39, 0.29) is 21.9 Å². The molecule has 0 amide bonds. The Morgan fingerprint density at radius 3 is 2.31 bits per heavy atom. The Balaban J connectivity index is 1.75. The number of rotatable bonds is 7. The third-order valence-corrected chi connectivity index (χ3v) is 4.32. The van der Waals surface area contributed by atoms with E-state index in [1.165, 1.54) is 25.3 Å². The first-order chi connectivity index (χ1) is 13.9. The van der Waals surface area contributed by atoms with Crippen molar-refractivity contribution in [1.82, 2.24) is 0 Å². The number of halogens is 3. The van der Waals surface area contributed by atoms with E-state index in [1.807, 2.05) is 0 Å². The number of aromatic carboxylic acids is 1. The summed E-state index contributed by atoms with van der Waals surface area (Å²) in [6, 6.07) is 15.1. The zero-order valence-electron chi connectivity index (χ0n) is 15.2. The van der Waals surface area contributed by atoms with E-state index < -0.39 is 12.4 Å². The molecule has 0 atom stereocenters. The molecule has 0 unspecified atom stereocenters. The number of carbonyl (C=O) groups is 1. The fraction of sp³-hybridized carbons (Fsp3) is 0.0952. The molecule has 2 N–H and O–H groups in total. The van der Waals surface area contributed by atoms with Crippen LogP contribution in [-0.4, -0.2) is 18.2 Å². The van der Waals surface area contributed by atoms with E-state index in [0.717, 1.165) is 6.07 Å². The average molecular weight is 420 g/mol. The minimum absolute atomic E-state index is 0.0654. The van der Waals surface area contributed by atoms with E-state index >= 15 is 0 Å². The Bertz CT molecular complexity index is 1030. The van der Waals surface area contributed by atoms with Crippen LogP contribution in [0.3, 0.4) is 0 Å². The molecular formula is C21H16ClF2NO4. The van der Waals surface area contributed by atoms with Gasteiger partial charge in [0.1, 0.15) is 17.2 Å². The maximum Gasteiger partial charge on any atom is 0.337 e. The van der Waals surface area contributed by atoms with Gasteiger partial charge >= 0.3 is 5.97 Å². The Morgan fingerprint density at radius 2 is 1.72 bits per heavy atom. The van der Waals surface area contributed by atoms with E-state index in [2.05, 4.69) is 5.32 Å². The molecule has 0 spiro atoms. The summed E-state index contributed by atoms with van der Waals surface area (Å²) in [7, 11) is 1.46. The molecule has 0 saturated carbocycles. The van der Waals surface area contributed by atoms with Crippen LogP contribution in [-0.2, 0) is 0 Å². The summed E-state index contributed by atoms with van der Waals surface area (Å²) in [5, 5.41) is 12.5. The number of hydrogen-bond donors (Lipinski definition) is 2. The minimum Gasteiger partial charge on any atom is -0.497 e. The molecule has 150 valence electrons. The predicted octanol–water partition coefficient (Wildman–Crippen LogP) is 6.52. The number of carboxylic acid groups (broad SMARTS) is 1. The lowest BCUT2D eigenvalue weighted by molar-refractivity contribution is 0.0697. The second-order valence-electron chi connectivity index (χ2n) is 5.96. The molecule has 0 saturated heterocycles. The van der Waals surface area contributed by atoms with Crippen molar-refractivity contribution in [2.24, 2.45) is 0 Å². The smallest absolute Gasteiger partial charge is 0.337 e. The van der Waals surface area contributed by atoms with E-state index in [1.54, 1.807) is 36.4 Å².